The van der Waals surface area contributed by atoms with Crippen molar-refractivity contribution in [1.29, 1.82) is 0 Å². The Kier molecular flexibility index (Phi) is 5.34. The Morgan fingerprint density at radius 2 is 1.97 bits per heavy atom. The van der Waals surface area contributed by atoms with E-state index in [0.717, 1.165) is 16.3 Å². The Balaban J connectivity index is 1.61. The number of pyridine rings is 3. The number of aryl methyl sites for hydroxylation is 1. The van der Waals surface area contributed by atoms with Gasteiger partial charge in [-0.3, -0.25) is 9.78 Å². The van der Waals surface area contributed by atoms with Crippen LogP contribution in [0.4, 0.5) is 10.2 Å². The Labute approximate surface area is 172 Å². The van der Waals surface area contributed by atoms with Crippen LogP contribution in [-0.2, 0) is 0 Å². The molecule has 0 bridgehead atoms. The number of halogens is 1. The fourth-order valence-electron chi connectivity index (χ4n) is 3.10. The van der Waals surface area contributed by atoms with E-state index in [-0.39, 0.29) is 11.8 Å². The van der Waals surface area contributed by atoms with Crippen LogP contribution in [0.2, 0.25) is 0 Å². The van der Waals surface area contributed by atoms with E-state index in [1.807, 2.05) is 25.1 Å². The van der Waals surface area contributed by atoms with Crippen molar-refractivity contribution in [3.8, 4) is 17.1 Å². The van der Waals surface area contributed by atoms with Gasteiger partial charge in [-0.1, -0.05) is 12.1 Å². The lowest BCUT2D eigenvalue weighted by Gasteiger charge is -2.11. The molecule has 0 fully saturated rings. The van der Waals surface area contributed by atoms with E-state index in [1.165, 1.54) is 12.3 Å². The average Bonchev–Trinajstić information content (AvgIpc) is 2.76. The number of aromatic nitrogens is 3. The Hall–Kier alpha value is -3.87. The molecule has 4 rings (SSSR count). The van der Waals surface area contributed by atoms with Gasteiger partial charge in [-0.05, 0) is 55.1 Å². The molecular weight excluding hydrogens is 383 g/mol. The van der Waals surface area contributed by atoms with Gasteiger partial charge in [0, 0.05) is 35.1 Å². The van der Waals surface area contributed by atoms with Gasteiger partial charge in [0.2, 0.25) is 5.88 Å². The molecule has 4 aromatic rings. The quantitative estimate of drug-likeness (QED) is 0.519. The first kappa shape index (κ1) is 19.4. The molecule has 1 N–H and O–H groups in total. The second-order valence-corrected chi connectivity index (χ2v) is 6.70. The lowest BCUT2D eigenvalue weighted by Crippen LogP contribution is -2.13. The normalized spacial score (nSPS) is 10.8. The zero-order valence-corrected chi connectivity index (χ0v) is 16.5. The molecule has 0 saturated carbocycles. The predicted molar refractivity (Wildman–Crippen MR) is 113 cm³/mol. The zero-order chi connectivity index (χ0) is 21.1. The van der Waals surface area contributed by atoms with Gasteiger partial charge in [0.15, 0.2) is 5.82 Å². The first-order chi connectivity index (χ1) is 14.5. The molecule has 3 heterocycles. The minimum atomic E-state index is -0.560. The Morgan fingerprint density at radius 3 is 2.77 bits per heavy atom. The van der Waals surface area contributed by atoms with Gasteiger partial charge in [-0.2, -0.15) is 0 Å². The molecule has 3 aromatic heterocycles. The maximum atomic E-state index is 14.2. The Bertz CT molecular complexity index is 1240. The summed E-state index contributed by atoms with van der Waals surface area (Å²) in [6, 6.07) is 12.1. The molecule has 0 aliphatic carbocycles. The molecule has 0 atom stereocenters. The number of carbonyl (C=O) groups excluding carboxylic acids is 1. The van der Waals surface area contributed by atoms with Gasteiger partial charge in [0.25, 0.3) is 5.91 Å². The molecule has 6 nitrogen and oxygen atoms in total. The number of nitrogens with zero attached hydrogens (tertiary/aromatic N) is 3. The number of ether oxygens (including phenoxy) is 1. The molecule has 0 saturated heterocycles. The number of anilines is 1. The van der Waals surface area contributed by atoms with Gasteiger partial charge in [-0.25, -0.2) is 14.4 Å². The summed E-state index contributed by atoms with van der Waals surface area (Å²) in [4.78, 5) is 25.3. The molecule has 0 spiro atoms. The number of fused-ring (bicyclic) bond motifs is 1. The van der Waals surface area contributed by atoms with Crippen molar-refractivity contribution in [1.82, 2.24) is 15.0 Å². The smallest absolute Gasteiger partial charge is 0.256 e. The molecule has 1 aromatic carbocycles. The van der Waals surface area contributed by atoms with E-state index in [4.69, 9.17) is 4.74 Å². The third-order valence-electron chi connectivity index (χ3n) is 4.60. The minimum absolute atomic E-state index is 0.0464. The lowest BCUT2D eigenvalue weighted by atomic mass is 10.1. The van der Waals surface area contributed by atoms with Crippen molar-refractivity contribution in [2.24, 2.45) is 0 Å². The summed E-state index contributed by atoms with van der Waals surface area (Å²) < 4.78 is 19.4. The fraction of sp³-hybridized carbons (Fsp3) is 0.130. The molecule has 1 amide bonds. The van der Waals surface area contributed by atoms with Gasteiger partial charge >= 0.3 is 0 Å². The molecular formula is C23H19FN4O2. The highest BCUT2D eigenvalue weighted by Crippen LogP contribution is 2.26. The number of nitrogens with one attached hydrogen (secondary N) is 1. The van der Waals surface area contributed by atoms with Gasteiger partial charge in [0.05, 0.1) is 12.3 Å². The van der Waals surface area contributed by atoms with Crippen LogP contribution in [0.3, 0.4) is 0 Å². The molecule has 0 radical (unpaired) electrons. The summed E-state index contributed by atoms with van der Waals surface area (Å²) in [6.07, 6.45) is 4.93. The van der Waals surface area contributed by atoms with Crippen LogP contribution in [-0.4, -0.2) is 27.5 Å². The van der Waals surface area contributed by atoms with Crippen LogP contribution in [0, 0.1) is 12.7 Å². The predicted octanol–water partition coefficient (Wildman–Crippen LogP) is 4.79. The second kappa shape index (κ2) is 8.24. The Morgan fingerprint density at radius 1 is 1.10 bits per heavy atom. The maximum absolute atomic E-state index is 14.2. The van der Waals surface area contributed by atoms with Crippen molar-refractivity contribution in [3.05, 3.63) is 78.0 Å². The summed E-state index contributed by atoms with van der Waals surface area (Å²) in [6.45, 7) is 3.95. The number of benzene rings is 1. The van der Waals surface area contributed by atoms with Gasteiger partial charge in [-0.15, -0.1) is 0 Å². The van der Waals surface area contributed by atoms with Crippen molar-refractivity contribution >= 4 is 22.5 Å². The molecule has 0 unspecified atom stereocenters. The fourth-order valence-corrected chi connectivity index (χ4v) is 3.10. The van der Waals surface area contributed by atoms with Crippen LogP contribution in [0.15, 0.2) is 61.1 Å². The maximum Gasteiger partial charge on any atom is 0.256 e. The minimum Gasteiger partial charge on any atom is -0.476 e. The van der Waals surface area contributed by atoms with Gasteiger partial charge < -0.3 is 10.1 Å². The first-order valence-electron chi connectivity index (χ1n) is 9.46. The molecule has 0 aliphatic rings. The van der Waals surface area contributed by atoms with Crippen molar-refractivity contribution in [2.75, 3.05) is 11.9 Å². The highest BCUT2D eigenvalue weighted by molar-refractivity contribution is 6.06. The van der Waals surface area contributed by atoms with Crippen molar-refractivity contribution in [3.63, 3.8) is 0 Å². The highest BCUT2D eigenvalue weighted by atomic mass is 19.1. The zero-order valence-electron chi connectivity index (χ0n) is 16.5. The summed E-state index contributed by atoms with van der Waals surface area (Å²) >= 11 is 0. The number of amides is 1. The average molecular weight is 402 g/mol. The van der Waals surface area contributed by atoms with Crippen LogP contribution in [0.5, 0.6) is 5.88 Å². The number of carbonyl (C=O) groups is 1. The van der Waals surface area contributed by atoms with E-state index in [1.54, 1.807) is 37.5 Å². The van der Waals surface area contributed by atoms with Gasteiger partial charge in [0.1, 0.15) is 5.82 Å². The van der Waals surface area contributed by atoms with Crippen LogP contribution < -0.4 is 10.1 Å². The van der Waals surface area contributed by atoms with E-state index in [2.05, 4.69) is 20.3 Å². The monoisotopic (exact) mass is 402 g/mol. The van der Waals surface area contributed by atoms with E-state index in [9.17, 15) is 9.18 Å². The summed E-state index contributed by atoms with van der Waals surface area (Å²) in [5.74, 6) is -0.526. The molecule has 150 valence electrons. The third kappa shape index (κ3) is 3.96. The summed E-state index contributed by atoms with van der Waals surface area (Å²) in [5, 5.41) is 4.68. The third-order valence-corrected chi connectivity index (χ3v) is 4.60. The topological polar surface area (TPSA) is 77.0 Å². The molecule has 0 aliphatic heterocycles. The standard InChI is InChI=1S/C23H19FN4O2/c1-3-30-23-19(24)11-18(13-26-23)21-14(2)4-7-20(27-21)28-22(29)16-5-6-17-12-25-9-8-15(17)10-16/h4-13H,3H2,1-2H3,(H,27,28,29). The van der Waals surface area contributed by atoms with Crippen LogP contribution >= 0.6 is 0 Å². The SMILES string of the molecule is CCOc1ncc(-c2nc(NC(=O)c3ccc4cnccc4c3)ccc2C)cc1F. The number of rotatable bonds is 5. The van der Waals surface area contributed by atoms with Crippen molar-refractivity contribution < 1.29 is 13.9 Å². The summed E-state index contributed by atoms with van der Waals surface area (Å²) in [5.41, 5.74) is 2.37. The van der Waals surface area contributed by atoms with Crippen LogP contribution in [0.1, 0.15) is 22.8 Å². The summed E-state index contributed by atoms with van der Waals surface area (Å²) in [7, 11) is 0. The van der Waals surface area contributed by atoms with Crippen LogP contribution in [0.25, 0.3) is 22.0 Å². The highest BCUT2D eigenvalue weighted by Gasteiger charge is 2.13. The van der Waals surface area contributed by atoms with E-state index >= 15 is 0 Å². The van der Waals surface area contributed by atoms with Crippen molar-refractivity contribution in [2.45, 2.75) is 13.8 Å². The lowest BCUT2D eigenvalue weighted by molar-refractivity contribution is 0.102. The largest absolute Gasteiger partial charge is 0.476 e. The first-order valence-corrected chi connectivity index (χ1v) is 9.46. The van der Waals surface area contributed by atoms with E-state index < -0.39 is 5.82 Å². The molecule has 30 heavy (non-hydrogen) atoms. The second-order valence-electron chi connectivity index (χ2n) is 6.70. The number of hydrogen-bond acceptors (Lipinski definition) is 5. The number of hydrogen-bond donors (Lipinski definition) is 1. The van der Waals surface area contributed by atoms with E-state index in [0.29, 0.717) is 29.2 Å². The molecule has 7 heteroatoms.